The zero-order chi connectivity index (χ0) is 28.3. The summed E-state index contributed by atoms with van der Waals surface area (Å²) in [6.45, 7) is 3.21. The lowest BCUT2D eigenvalue weighted by Crippen LogP contribution is -2.25. The third kappa shape index (κ3) is 5.80. The molecule has 1 saturated carbocycles. The number of ether oxygens (including phenoxy) is 3. The molecule has 1 aromatic heterocycles. The molecule has 8 heteroatoms. The van der Waals surface area contributed by atoms with Crippen LogP contribution in [0.5, 0.6) is 5.75 Å². The summed E-state index contributed by atoms with van der Waals surface area (Å²) in [7, 11) is 0. The number of aliphatic hydroxyl groups is 1. The molecule has 2 atom stereocenters. The first-order valence-corrected chi connectivity index (χ1v) is 14.3. The van der Waals surface area contributed by atoms with Gasteiger partial charge in [-0.15, -0.1) is 0 Å². The monoisotopic (exact) mass is 555 g/mol. The molecule has 1 aliphatic heterocycles. The molecule has 1 saturated heterocycles. The smallest absolute Gasteiger partial charge is 0.236 e. The Kier molecular flexibility index (Phi) is 7.93. The van der Waals surface area contributed by atoms with Crippen LogP contribution in [0.25, 0.3) is 22.2 Å². The molecule has 3 aromatic carbocycles. The first-order valence-electron chi connectivity index (χ1n) is 14.3. The average Bonchev–Trinajstić information content (AvgIpc) is 3.26. The van der Waals surface area contributed by atoms with Gasteiger partial charge in [-0.25, -0.2) is 4.39 Å². The number of rotatable bonds is 9. The summed E-state index contributed by atoms with van der Waals surface area (Å²) in [5.41, 5.74) is 4.95. The van der Waals surface area contributed by atoms with E-state index < -0.39 is 12.5 Å². The Labute approximate surface area is 239 Å². The number of nitriles is 1. The van der Waals surface area contributed by atoms with Crippen molar-refractivity contribution in [2.45, 2.75) is 63.7 Å². The normalized spacial score (nSPS) is 17.5. The lowest BCUT2D eigenvalue weighted by molar-refractivity contribution is -0.113. The van der Waals surface area contributed by atoms with Crippen LogP contribution in [-0.2, 0) is 9.47 Å². The molecule has 0 radical (unpaired) electrons. The minimum absolute atomic E-state index is 0.123. The lowest BCUT2D eigenvalue weighted by Gasteiger charge is -2.30. The highest BCUT2D eigenvalue weighted by atomic mass is 19.1. The van der Waals surface area contributed by atoms with Gasteiger partial charge in [0.1, 0.15) is 23.7 Å². The Morgan fingerprint density at radius 1 is 1.02 bits per heavy atom. The summed E-state index contributed by atoms with van der Waals surface area (Å²) in [5, 5.41) is 24.7. The highest BCUT2D eigenvalue weighted by molar-refractivity contribution is 5.95. The van der Waals surface area contributed by atoms with E-state index in [1.165, 1.54) is 18.6 Å². The molecule has 2 aliphatic rings. The van der Waals surface area contributed by atoms with Crippen molar-refractivity contribution in [2.24, 2.45) is 0 Å². The van der Waals surface area contributed by atoms with Gasteiger partial charge < -0.3 is 29.2 Å². The standard InChI is InChI=1S/C33H34FN3O4/c1-21(22-5-9-24(34)10-6-22)40-33(38)36-25-11-7-23(8-12-25)32-30(20-35)29-19-28(41-27-15-17-39-18-16-27)13-14-31(29)37(32)26-3-2-4-26/h5-14,19,21,26-27,33,36,38H,2-4,15-18H2,1H3. The minimum atomic E-state index is -1.26. The number of nitrogens with one attached hydrogen (secondary N) is 1. The fraction of sp³-hybridized carbons (Fsp3) is 0.364. The maximum Gasteiger partial charge on any atom is 0.236 e. The van der Waals surface area contributed by atoms with Crippen LogP contribution in [-0.4, -0.2) is 35.4 Å². The van der Waals surface area contributed by atoms with Crippen LogP contribution in [0.15, 0.2) is 66.7 Å². The van der Waals surface area contributed by atoms with E-state index in [1.807, 2.05) is 36.4 Å². The third-order valence-corrected chi connectivity index (χ3v) is 8.12. The highest BCUT2D eigenvalue weighted by Gasteiger charge is 2.28. The Balaban J connectivity index is 1.25. The van der Waals surface area contributed by atoms with Crippen LogP contribution in [0.4, 0.5) is 10.1 Å². The predicted octanol–water partition coefficient (Wildman–Crippen LogP) is 7.07. The lowest BCUT2D eigenvalue weighted by atomic mass is 9.92. The van der Waals surface area contributed by atoms with Gasteiger partial charge in [-0.1, -0.05) is 24.3 Å². The van der Waals surface area contributed by atoms with Crippen molar-refractivity contribution in [3.8, 4) is 23.1 Å². The zero-order valence-electron chi connectivity index (χ0n) is 23.1. The van der Waals surface area contributed by atoms with Gasteiger partial charge in [0, 0.05) is 30.0 Å². The molecule has 212 valence electrons. The Morgan fingerprint density at radius 2 is 1.76 bits per heavy atom. The molecule has 0 amide bonds. The molecule has 0 bridgehead atoms. The molecular formula is C33H34FN3O4. The van der Waals surface area contributed by atoms with Gasteiger partial charge in [-0.3, -0.25) is 0 Å². The van der Waals surface area contributed by atoms with Crippen molar-refractivity contribution in [1.82, 2.24) is 4.57 Å². The SMILES string of the molecule is CC(OC(O)Nc1ccc(-c2c(C#N)c3cc(OC4CCOCC4)ccc3n2C2CCC2)cc1)c1ccc(F)cc1. The van der Waals surface area contributed by atoms with Crippen molar-refractivity contribution in [3.63, 3.8) is 0 Å². The molecule has 6 rings (SSSR count). The molecule has 2 N–H and O–H groups in total. The molecule has 2 heterocycles. The van der Waals surface area contributed by atoms with Gasteiger partial charge in [0.25, 0.3) is 0 Å². The molecule has 1 aliphatic carbocycles. The number of halogens is 1. The van der Waals surface area contributed by atoms with Crippen LogP contribution in [0.2, 0.25) is 0 Å². The Hall–Kier alpha value is -3.90. The number of anilines is 1. The number of hydrogen-bond donors (Lipinski definition) is 2. The second-order valence-corrected chi connectivity index (χ2v) is 10.8. The molecule has 2 unspecified atom stereocenters. The summed E-state index contributed by atoms with van der Waals surface area (Å²) < 4.78 is 33.0. The van der Waals surface area contributed by atoms with Crippen molar-refractivity contribution in [3.05, 3.63) is 83.7 Å². The van der Waals surface area contributed by atoms with Crippen LogP contribution in [0, 0.1) is 17.1 Å². The molecule has 0 spiro atoms. The summed E-state index contributed by atoms with van der Waals surface area (Å²) in [5.74, 6) is 0.459. The van der Waals surface area contributed by atoms with E-state index in [0.29, 0.717) is 30.5 Å². The van der Waals surface area contributed by atoms with Crippen LogP contribution in [0.3, 0.4) is 0 Å². The van der Waals surface area contributed by atoms with E-state index in [2.05, 4.69) is 22.0 Å². The molecule has 4 aromatic rings. The van der Waals surface area contributed by atoms with E-state index in [9.17, 15) is 14.8 Å². The summed E-state index contributed by atoms with van der Waals surface area (Å²) in [4.78, 5) is 0. The summed E-state index contributed by atoms with van der Waals surface area (Å²) >= 11 is 0. The van der Waals surface area contributed by atoms with Crippen molar-refractivity contribution in [2.75, 3.05) is 18.5 Å². The van der Waals surface area contributed by atoms with Gasteiger partial charge >= 0.3 is 0 Å². The summed E-state index contributed by atoms with van der Waals surface area (Å²) in [6, 6.07) is 22.6. The molecule has 41 heavy (non-hydrogen) atoms. The quantitative estimate of drug-likeness (QED) is 0.215. The molecular weight excluding hydrogens is 521 g/mol. The Morgan fingerprint density at radius 3 is 2.41 bits per heavy atom. The van der Waals surface area contributed by atoms with E-state index in [0.717, 1.165) is 59.2 Å². The van der Waals surface area contributed by atoms with E-state index in [4.69, 9.17) is 14.2 Å². The van der Waals surface area contributed by atoms with Gasteiger partial charge in [0.2, 0.25) is 6.41 Å². The number of hydrogen-bond acceptors (Lipinski definition) is 6. The first kappa shape index (κ1) is 27.3. The summed E-state index contributed by atoms with van der Waals surface area (Å²) in [6.07, 6.45) is 3.49. The van der Waals surface area contributed by atoms with Crippen LogP contribution < -0.4 is 10.1 Å². The Bertz CT molecular complexity index is 1530. The number of fused-ring (bicyclic) bond motifs is 1. The van der Waals surface area contributed by atoms with Gasteiger partial charge in [-0.2, -0.15) is 5.26 Å². The maximum absolute atomic E-state index is 13.2. The average molecular weight is 556 g/mol. The topological polar surface area (TPSA) is 88.7 Å². The van der Waals surface area contributed by atoms with Gasteiger partial charge in [-0.05, 0) is 79.8 Å². The minimum Gasteiger partial charge on any atom is -0.490 e. The van der Waals surface area contributed by atoms with Crippen molar-refractivity contribution in [1.29, 1.82) is 5.26 Å². The predicted molar refractivity (Wildman–Crippen MR) is 155 cm³/mol. The van der Waals surface area contributed by atoms with E-state index >= 15 is 0 Å². The van der Waals surface area contributed by atoms with Crippen LogP contribution >= 0.6 is 0 Å². The van der Waals surface area contributed by atoms with Gasteiger partial charge in [0.05, 0.1) is 36.1 Å². The van der Waals surface area contributed by atoms with E-state index in [-0.39, 0.29) is 11.9 Å². The second kappa shape index (κ2) is 11.9. The fourth-order valence-electron chi connectivity index (χ4n) is 5.68. The first-order chi connectivity index (χ1) is 20.0. The number of aromatic nitrogens is 1. The molecule has 2 fully saturated rings. The molecule has 7 nitrogen and oxygen atoms in total. The third-order valence-electron chi connectivity index (χ3n) is 8.12. The van der Waals surface area contributed by atoms with Crippen molar-refractivity contribution < 1.29 is 23.7 Å². The number of aliphatic hydroxyl groups excluding tert-OH is 1. The number of benzene rings is 3. The fourth-order valence-corrected chi connectivity index (χ4v) is 5.68. The van der Waals surface area contributed by atoms with E-state index in [1.54, 1.807) is 19.1 Å². The number of nitrogens with zero attached hydrogens (tertiary/aromatic N) is 2. The largest absolute Gasteiger partial charge is 0.490 e. The van der Waals surface area contributed by atoms with Crippen LogP contribution in [0.1, 0.15) is 62.3 Å². The maximum atomic E-state index is 13.2. The highest BCUT2D eigenvalue weighted by Crippen LogP contribution is 2.43. The second-order valence-electron chi connectivity index (χ2n) is 10.8. The van der Waals surface area contributed by atoms with Crippen molar-refractivity contribution >= 4 is 16.6 Å². The van der Waals surface area contributed by atoms with Gasteiger partial charge in [0.15, 0.2) is 0 Å². The zero-order valence-corrected chi connectivity index (χ0v) is 23.1.